The Bertz CT molecular complexity index is 1210. The van der Waals surface area contributed by atoms with Crippen LogP contribution in [0.25, 0.3) is 0 Å². The van der Waals surface area contributed by atoms with Crippen LogP contribution in [0.3, 0.4) is 0 Å². The van der Waals surface area contributed by atoms with Crippen molar-refractivity contribution >= 4 is 23.4 Å². The summed E-state index contributed by atoms with van der Waals surface area (Å²) in [7, 11) is 1.52. The van der Waals surface area contributed by atoms with E-state index in [1.807, 2.05) is 18.2 Å². The van der Waals surface area contributed by atoms with Gasteiger partial charge in [-0.25, -0.2) is 0 Å². The lowest BCUT2D eigenvalue weighted by molar-refractivity contribution is -0.138. The third kappa shape index (κ3) is 2.65. The maximum atomic E-state index is 13.2. The van der Waals surface area contributed by atoms with Crippen molar-refractivity contribution in [2.75, 3.05) is 7.05 Å². The number of likely N-dealkylation sites (tertiary alicyclic amines) is 1. The first-order valence-corrected chi connectivity index (χ1v) is 10.9. The Kier molecular flexibility index (Phi) is 4.42. The first-order chi connectivity index (χ1) is 15.1. The number of phenolic OH excluding ortho intramolecular Hbond substituents is 1. The van der Waals surface area contributed by atoms with Crippen molar-refractivity contribution in [3.8, 4) is 5.75 Å². The van der Waals surface area contributed by atoms with E-state index < -0.39 is 17.8 Å². The lowest BCUT2D eigenvalue weighted by atomic mass is 9.59. The molecule has 4 unspecified atom stereocenters. The highest BCUT2D eigenvalue weighted by molar-refractivity contribution is 6.23. The number of hydrogen-bond donors (Lipinski definition) is 1. The largest absolute Gasteiger partial charge is 0.507 e. The first kappa shape index (κ1) is 20.6. The minimum absolute atomic E-state index is 0.164. The number of aromatic hydroxyl groups is 1. The lowest BCUT2D eigenvalue weighted by Crippen LogP contribution is -2.39. The van der Waals surface area contributed by atoms with E-state index in [0.29, 0.717) is 34.3 Å². The van der Waals surface area contributed by atoms with Gasteiger partial charge in [0.1, 0.15) is 5.75 Å². The van der Waals surface area contributed by atoms with Gasteiger partial charge in [0.15, 0.2) is 11.6 Å². The van der Waals surface area contributed by atoms with Gasteiger partial charge in [0.25, 0.3) is 0 Å². The van der Waals surface area contributed by atoms with Crippen molar-refractivity contribution in [3.05, 3.63) is 63.3 Å². The molecule has 164 valence electrons. The highest BCUT2D eigenvalue weighted by Gasteiger charge is 2.55. The molecule has 32 heavy (non-hydrogen) atoms. The minimum Gasteiger partial charge on any atom is -0.507 e. The van der Waals surface area contributed by atoms with Crippen LogP contribution in [0, 0.1) is 31.6 Å². The molecule has 1 aromatic carbocycles. The van der Waals surface area contributed by atoms with E-state index in [9.17, 15) is 24.3 Å². The number of nitrogens with zero attached hydrogens (tertiary/aromatic N) is 1. The summed E-state index contributed by atoms with van der Waals surface area (Å²) in [5.41, 5.74) is 4.45. The molecule has 4 aliphatic rings. The molecular formula is C26H25NO5. The average Bonchev–Trinajstić information content (AvgIpc) is 2.98. The minimum atomic E-state index is -0.516. The fourth-order valence-corrected chi connectivity index (χ4v) is 6.07. The summed E-state index contributed by atoms with van der Waals surface area (Å²) in [5, 5.41) is 10.3. The quantitative estimate of drug-likeness (QED) is 0.419. The zero-order valence-electron chi connectivity index (χ0n) is 18.6. The summed E-state index contributed by atoms with van der Waals surface area (Å²) in [6.45, 7) is 5.25. The molecule has 1 N–H and O–H groups in total. The van der Waals surface area contributed by atoms with E-state index in [4.69, 9.17) is 0 Å². The van der Waals surface area contributed by atoms with E-state index in [2.05, 4.69) is 0 Å². The van der Waals surface area contributed by atoms with Gasteiger partial charge in [0.05, 0.1) is 11.8 Å². The van der Waals surface area contributed by atoms with Crippen LogP contribution in [0.15, 0.2) is 46.6 Å². The summed E-state index contributed by atoms with van der Waals surface area (Å²) in [5.74, 6) is -2.25. The van der Waals surface area contributed by atoms with Gasteiger partial charge in [0, 0.05) is 29.7 Å². The normalized spacial score (nSPS) is 29.6. The second-order valence-electron chi connectivity index (χ2n) is 9.47. The van der Waals surface area contributed by atoms with Crippen molar-refractivity contribution in [1.82, 2.24) is 4.90 Å². The fraction of sp³-hybridized carbons (Fsp3) is 0.385. The summed E-state index contributed by atoms with van der Waals surface area (Å²) >= 11 is 0. The summed E-state index contributed by atoms with van der Waals surface area (Å²) in [6.07, 6.45) is 4.14. The zero-order valence-corrected chi connectivity index (χ0v) is 18.6. The van der Waals surface area contributed by atoms with Crippen molar-refractivity contribution in [2.24, 2.45) is 17.8 Å². The van der Waals surface area contributed by atoms with Crippen LogP contribution >= 0.6 is 0 Å². The maximum Gasteiger partial charge on any atom is 0.233 e. The predicted molar refractivity (Wildman–Crippen MR) is 117 cm³/mol. The lowest BCUT2D eigenvalue weighted by Gasteiger charge is -2.42. The summed E-state index contributed by atoms with van der Waals surface area (Å²) in [6, 6.07) is 3.70. The van der Waals surface area contributed by atoms with Gasteiger partial charge in [-0.15, -0.1) is 0 Å². The second kappa shape index (κ2) is 6.86. The topological polar surface area (TPSA) is 91.8 Å². The number of Topliss-reactive ketones (excluding diaryl/α,β-unsaturated/α-hetero) is 1. The Labute approximate surface area is 186 Å². The number of carbonyl (C=O) groups excluding carboxylic acids is 4. The van der Waals surface area contributed by atoms with E-state index in [1.165, 1.54) is 18.0 Å². The third-order valence-corrected chi connectivity index (χ3v) is 7.63. The van der Waals surface area contributed by atoms with Crippen molar-refractivity contribution in [1.29, 1.82) is 0 Å². The summed E-state index contributed by atoms with van der Waals surface area (Å²) in [4.78, 5) is 53.2. The molecule has 0 radical (unpaired) electrons. The molecule has 1 heterocycles. The number of ketones is 2. The molecule has 1 saturated heterocycles. The van der Waals surface area contributed by atoms with Gasteiger partial charge in [-0.1, -0.05) is 23.8 Å². The number of imide groups is 1. The molecular weight excluding hydrogens is 406 g/mol. The average molecular weight is 431 g/mol. The molecule has 6 nitrogen and oxygen atoms in total. The molecule has 3 aliphatic carbocycles. The Morgan fingerprint density at radius 3 is 2.28 bits per heavy atom. The van der Waals surface area contributed by atoms with Crippen LogP contribution in [0.1, 0.15) is 42.4 Å². The number of benzene rings is 1. The molecule has 4 atom stereocenters. The van der Waals surface area contributed by atoms with Gasteiger partial charge >= 0.3 is 0 Å². The Balaban J connectivity index is 1.74. The molecule has 1 aromatic rings. The van der Waals surface area contributed by atoms with Crippen LogP contribution in [0.4, 0.5) is 0 Å². The first-order valence-electron chi connectivity index (χ1n) is 10.9. The van der Waals surface area contributed by atoms with Crippen molar-refractivity contribution < 1.29 is 24.3 Å². The van der Waals surface area contributed by atoms with Gasteiger partial charge in [-0.2, -0.15) is 0 Å². The van der Waals surface area contributed by atoms with Gasteiger partial charge in [-0.05, 0) is 62.3 Å². The van der Waals surface area contributed by atoms with Crippen LogP contribution in [-0.4, -0.2) is 40.4 Å². The van der Waals surface area contributed by atoms with Crippen LogP contribution in [0.2, 0.25) is 0 Å². The molecule has 0 spiro atoms. The standard InChI is InChI=1S/C26H25NO5/c1-11-7-14(8-12(2)23(11)29)20-15-5-6-16-21(26(32)27(4)25(16)31)17(15)10-18-22(20)19(28)9-13(3)24(18)30/h5,7-9,16-17,20-21,29H,6,10H2,1-4H3. The van der Waals surface area contributed by atoms with E-state index in [1.54, 1.807) is 20.8 Å². The number of aryl methyl sites for hydroxylation is 2. The second-order valence-corrected chi connectivity index (χ2v) is 9.47. The third-order valence-electron chi connectivity index (χ3n) is 7.63. The Morgan fingerprint density at radius 2 is 1.62 bits per heavy atom. The number of rotatable bonds is 1. The van der Waals surface area contributed by atoms with Gasteiger partial charge in [0.2, 0.25) is 11.8 Å². The van der Waals surface area contributed by atoms with Gasteiger partial charge < -0.3 is 5.11 Å². The molecule has 2 amide bonds. The predicted octanol–water partition coefficient (Wildman–Crippen LogP) is 3.07. The molecule has 0 saturated carbocycles. The summed E-state index contributed by atoms with van der Waals surface area (Å²) < 4.78 is 0. The highest BCUT2D eigenvalue weighted by atomic mass is 16.3. The van der Waals surface area contributed by atoms with Crippen LogP contribution < -0.4 is 0 Å². The number of amides is 2. The van der Waals surface area contributed by atoms with E-state index >= 15 is 0 Å². The molecule has 6 heteroatoms. The molecule has 1 aliphatic heterocycles. The van der Waals surface area contributed by atoms with Crippen molar-refractivity contribution in [2.45, 2.75) is 39.5 Å². The smallest absolute Gasteiger partial charge is 0.233 e. The SMILES string of the molecule is CC1=CC(=O)C2=C(CC3C(=CCC4C(=O)N(C)C(=O)C43)C2c2cc(C)c(O)c(C)c2)C1=O. The molecule has 0 aromatic heterocycles. The molecule has 0 bridgehead atoms. The number of phenols is 1. The number of allylic oxidation sites excluding steroid dienone is 6. The van der Waals surface area contributed by atoms with Gasteiger partial charge in [-0.3, -0.25) is 24.1 Å². The van der Waals surface area contributed by atoms with E-state index in [-0.39, 0.29) is 41.5 Å². The van der Waals surface area contributed by atoms with Crippen molar-refractivity contribution in [3.63, 3.8) is 0 Å². The van der Waals surface area contributed by atoms with Crippen LogP contribution in [-0.2, 0) is 19.2 Å². The fourth-order valence-electron chi connectivity index (χ4n) is 6.07. The number of carbonyl (C=O) groups is 4. The monoisotopic (exact) mass is 431 g/mol. The Morgan fingerprint density at radius 1 is 0.969 bits per heavy atom. The maximum absolute atomic E-state index is 13.2. The zero-order chi connectivity index (χ0) is 23.1. The highest BCUT2D eigenvalue weighted by Crippen LogP contribution is 2.55. The van der Waals surface area contributed by atoms with Crippen LogP contribution in [0.5, 0.6) is 5.75 Å². The van der Waals surface area contributed by atoms with E-state index in [0.717, 1.165) is 11.1 Å². The Hall–Kier alpha value is -3.28. The number of hydrogen-bond acceptors (Lipinski definition) is 5. The molecule has 5 rings (SSSR count). The number of fused-ring (bicyclic) bond motifs is 3. The molecule has 1 fully saturated rings.